The molecule has 4 heteroatoms. The summed E-state index contributed by atoms with van der Waals surface area (Å²) in [6.07, 6.45) is 3.76. The normalized spacial score (nSPS) is 11.4. The molecule has 2 heterocycles. The lowest BCUT2D eigenvalue weighted by atomic mass is 10.1. The van der Waals surface area contributed by atoms with Crippen molar-refractivity contribution in [3.63, 3.8) is 0 Å². The fourth-order valence-corrected chi connectivity index (χ4v) is 2.13. The molecule has 0 radical (unpaired) electrons. The molecule has 0 N–H and O–H groups in total. The van der Waals surface area contributed by atoms with Crippen LogP contribution in [0.25, 0.3) is 12.2 Å². The third-order valence-electron chi connectivity index (χ3n) is 3.06. The largest absolute Gasteiger partial charge is 0.462 e. The fraction of sp³-hybridized carbons (Fsp3) is 0.333. The van der Waals surface area contributed by atoms with Crippen LogP contribution in [0.2, 0.25) is 0 Å². The summed E-state index contributed by atoms with van der Waals surface area (Å²) in [5.74, 6) is 1.18. The first kappa shape index (κ1) is 13.3. The minimum Gasteiger partial charge on any atom is -0.462 e. The molecule has 0 atom stereocenters. The van der Waals surface area contributed by atoms with Crippen molar-refractivity contribution in [2.24, 2.45) is 0 Å². The lowest BCUT2D eigenvalue weighted by Crippen LogP contribution is -1.98. The van der Waals surface area contributed by atoms with E-state index in [1.54, 1.807) is 6.92 Å². The predicted molar refractivity (Wildman–Crippen MR) is 76.0 cm³/mol. The van der Waals surface area contributed by atoms with Gasteiger partial charge in [0.25, 0.3) is 0 Å². The highest BCUT2D eigenvalue weighted by molar-refractivity contribution is 5.69. The van der Waals surface area contributed by atoms with Gasteiger partial charge in [-0.25, -0.2) is 0 Å². The molecule has 2 rings (SSSR count). The molecule has 4 nitrogen and oxygen atoms in total. The lowest BCUT2D eigenvalue weighted by molar-refractivity contribution is 0.505. The Labute approximate surface area is 112 Å². The van der Waals surface area contributed by atoms with Crippen molar-refractivity contribution < 1.29 is 4.42 Å². The molecule has 0 fully saturated rings. The van der Waals surface area contributed by atoms with Gasteiger partial charge in [0.1, 0.15) is 11.5 Å². The zero-order valence-electron chi connectivity index (χ0n) is 11.7. The topological polar surface area (TPSA) is 48.0 Å². The Kier molecular flexibility index (Phi) is 3.69. The minimum atomic E-state index is -0.0407. The molecule has 0 spiro atoms. The highest BCUT2D eigenvalue weighted by atomic mass is 16.3. The number of aromatic nitrogens is 2. The summed E-state index contributed by atoms with van der Waals surface area (Å²) in [5.41, 5.74) is 3.13. The van der Waals surface area contributed by atoms with Gasteiger partial charge in [0.05, 0.1) is 5.69 Å². The van der Waals surface area contributed by atoms with E-state index in [0.717, 1.165) is 23.5 Å². The smallest absolute Gasteiger partial charge is 0.185 e. The van der Waals surface area contributed by atoms with E-state index >= 15 is 0 Å². The second-order valence-corrected chi connectivity index (χ2v) is 4.54. The molecular weight excluding hydrogens is 240 g/mol. The van der Waals surface area contributed by atoms with E-state index in [0.29, 0.717) is 11.5 Å². The van der Waals surface area contributed by atoms with Crippen LogP contribution in [0.15, 0.2) is 21.3 Å². The van der Waals surface area contributed by atoms with E-state index in [4.69, 9.17) is 4.42 Å². The number of hydrogen-bond acceptors (Lipinski definition) is 3. The van der Waals surface area contributed by atoms with E-state index in [1.807, 2.05) is 30.7 Å². The van der Waals surface area contributed by atoms with Gasteiger partial charge >= 0.3 is 0 Å². The van der Waals surface area contributed by atoms with Crippen molar-refractivity contribution in [2.45, 2.75) is 34.2 Å². The Hall–Kier alpha value is -2.10. The van der Waals surface area contributed by atoms with E-state index in [-0.39, 0.29) is 5.43 Å². The predicted octanol–water partition coefficient (Wildman–Crippen LogP) is 2.95. The average Bonchev–Trinajstić information content (AvgIpc) is 2.61. The maximum atomic E-state index is 11.4. The standard InChI is InChI=1S/C15H18N2O2/c1-5-17-12(4)15(11(3)16-17)7-6-14-9-13(18)8-10(2)19-14/h6-9H,5H2,1-4H3. The number of rotatable bonds is 3. The van der Waals surface area contributed by atoms with E-state index in [9.17, 15) is 4.79 Å². The molecule has 2 aromatic rings. The maximum Gasteiger partial charge on any atom is 0.185 e. The van der Waals surface area contributed by atoms with Gasteiger partial charge in [-0.2, -0.15) is 5.10 Å². The van der Waals surface area contributed by atoms with Gasteiger partial charge < -0.3 is 4.42 Å². The zero-order valence-corrected chi connectivity index (χ0v) is 11.7. The summed E-state index contributed by atoms with van der Waals surface area (Å²) >= 11 is 0. The Morgan fingerprint density at radius 3 is 2.58 bits per heavy atom. The first-order valence-corrected chi connectivity index (χ1v) is 6.35. The maximum absolute atomic E-state index is 11.4. The molecule has 0 saturated carbocycles. The second-order valence-electron chi connectivity index (χ2n) is 4.54. The Balaban J connectivity index is 2.37. The van der Waals surface area contributed by atoms with Gasteiger partial charge in [-0.3, -0.25) is 9.48 Å². The monoisotopic (exact) mass is 258 g/mol. The SMILES string of the molecule is CCn1nc(C)c(C=Cc2cc(=O)cc(C)o2)c1C. The van der Waals surface area contributed by atoms with Crippen LogP contribution in [0.4, 0.5) is 0 Å². The Morgan fingerprint density at radius 1 is 1.26 bits per heavy atom. The summed E-state index contributed by atoms with van der Waals surface area (Å²) in [6, 6.07) is 2.96. The quantitative estimate of drug-likeness (QED) is 0.850. The van der Waals surface area contributed by atoms with Crippen molar-refractivity contribution in [2.75, 3.05) is 0 Å². The molecule has 0 aliphatic heterocycles. The average molecular weight is 258 g/mol. The van der Waals surface area contributed by atoms with Crippen LogP contribution < -0.4 is 5.43 Å². The molecule has 0 unspecified atom stereocenters. The third kappa shape index (κ3) is 2.84. The van der Waals surface area contributed by atoms with Crippen LogP contribution in [-0.2, 0) is 6.54 Å². The highest BCUT2D eigenvalue weighted by Crippen LogP contribution is 2.16. The van der Waals surface area contributed by atoms with Crippen molar-refractivity contribution in [3.05, 3.63) is 50.8 Å². The minimum absolute atomic E-state index is 0.0407. The molecule has 0 bridgehead atoms. The lowest BCUT2D eigenvalue weighted by Gasteiger charge is -1.99. The van der Waals surface area contributed by atoms with E-state index in [2.05, 4.69) is 12.0 Å². The van der Waals surface area contributed by atoms with Gasteiger partial charge in [-0.1, -0.05) is 0 Å². The van der Waals surface area contributed by atoms with Gasteiger partial charge in [0, 0.05) is 29.9 Å². The first-order valence-electron chi connectivity index (χ1n) is 6.35. The summed E-state index contributed by atoms with van der Waals surface area (Å²) in [5, 5.41) is 4.45. The van der Waals surface area contributed by atoms with Crippen LogP contribution in [0.5, 0.6) is 0 Å². The highest BCUT2D eigenvalue weighted by Gasteiger charge is 2.07. The Bertz CT molecular complexity index is 678. The van der Waals surface area contributed by atoms with Gasteiger partial charge in [-0.15, -0.1) is 0 Å². The molecule has 0 aliphatic rings. The summed E-state index contributed by atoms with van der Waals surface area (Å²) < 4.78 is 7.44. The van der Waals surface area contributed by atoms with Gasteiger partial charge in [-0.05, 0) is 39.8 Å². The molecule has 0 saturated heterocycles. The van der Waals surface area contributed by atoms with Crippen LogP contribution in [-0.4, -0.2) is 9.78 Å². The second kappa shape index (κ2) is 5.26. The molecule has 19 heavy (non-hydrogen) atoms. The van der Waals surface area contributed by atoms with Crippen molar-refractivity contribution in [3.8, 4) is 0 Å². The summed E-state index contributed by atoms with van der Waals surface area (Å²) in [4.78, 5) is 11.4. The Morgan fingerprint density at radius 2 is 2.00 bits per heavy atom. The number of aryl methyl sites for hydroxylation is 3. The molecule has 2 aromatic heterocycles. The third-order valence-corrected chi connectivity index (χ3v) is 3.06. The number of hydrogen-bond donors (Lipinski definition) is 0. The molecule has 0 amide bonds. The summed E-state index contributed by atoms with van der Waals surface area (Å²) in [7, 11) is 0. The fourth-order valence-electron chi connectivity index (χ4n) is 2.13. The van der Waals surface area contributed by atoms with Crippen LogP contribution in [0.3, 0.4) is 0 Å². The molecular formula is C15H18N2O2. The molecule has 0 aromatic carbocycles. The van der Waals surface area contributed by atoms with E-state index in [1.165, 1.54) is 12.1 Å². The van der Waals surface area contributed by atoms with Crippen LogP contribution in [0.1, 0.15) is 35.4 Å². The molecule has 100 valence electrons. The first-order chi connectivity index (χ1) is 9.01. The molecule has 0 aliphatic carbocycles. The van der Waals surface area contributed by atoms with Crippen molar-refractivity contribution in [1.29, 1.82) is 0 Å². The van der Waals surface area contributed by atoms with E-state index < -0.39 is 0 Å². The van der Waals surface area contributed by atoms with Crippen molar-refractivity contribution >= 4 is 12.2 Å². The summed E-state index contributed by atoms with van der Waals surface area (Å²) in [6.45, 7) is 8.69. The van der Waals surface area contributed by atoms with Crippen LogP contribution in [0, 0.1) is 20.8 Å². The van der Waals surface area contributed by atoms with Gasteiger partial charge in [0.2, 0.25) is 0 Å². The zero-order chi connectivity index (χ0) is 14.0. The van der Waals surface area contributed by atoms with Crippen molar-refractivity contribution in [1.82, 2.24) is 9.78 Å². The van der Waals surface area contributed by atoms with Gasteiger partial charge in [0.15, 0.2) is 5.43 Å². The van der Waals surface area contributed by atoms with Crippen LogP contribution >= 0.6 is 0 Å². The number of nitrogens with zero attached hydrogens (tertiary/aromatic N) is 2.